The van der Waals surface area contributed by atoms with Crippen molar-refractivity contribution < 1.29 is 19.4 Å². The van der Waals surface area contributed by atoms with Crippen LogP contribution >= 0.6 is 0 Å². The summed E-state index contributed by atoms with van der Waals surface area (Å²) >= 11 is 0. The molecule has 2 aromatic heterocycles. The number of ether oxygens (including phenoxy) is 1. The van der Waals surface area contributed by atoms with E-state index in [1.165, 1.54) is 4.90 Å². The Bertz CT molecular complexity index is 1560. The third-order valence-electron chi connectivity index (χ3n) is 7.08. The highest BCUT2D eigenvalue weighted by Gasteiger charge is 2.46. The van der Waals surface area contributed by atoms with E-state index in [0.717, 1.165) is 11.1 Å². The lowest BCUT2D eigenvalue weighted by Crippen LogP contribution is -2.35. The SMILES string of the molecule is Cc1cccn2c(C)c(C(O)=C3C(=O)C(=O)N(CCN(C)C)C3c3ccc(OCc4ccccc4)cc3)nc12. The molecular formula is C31H32N4O4. The number of carbonyl (C=O) groups excluding carboxylic acids is 2. The van der Waals surface area contributed by atoms with Crippen LogP contribution < -0.4 is 4.74 Å². The molecular weight excluding hydrogens is 492 g/mol. The molecule has 1 saturated heterocycles. The molecule has 0 spiro atoms. The molecule has 0 bridgehead atoms. The predicted molar refractivity (Wildman–Crippen MR) is 149 cm³/mol. The van der Waals surface area contributed by atoms with Crippen LogP contribution in [0.3, 0.4) is 0 Å². The van der Waals surface area contributed by atoms with Gasteiger partial charge in [-0.3, -0.25) is 9.59 Å². The number of rotatable bonds is 8. The lowest BCUT2D eigenvalue weighted by Gasteiger charge is -2.26. The number of ketones is 1. The van der Waals surface area contributed by atoms with Crippen LogP contribution in [0, 0.1) is 13.8 Å². The van der Waals surface area contributed by atoms with E-state index in [4.69, 9.17) is 4.74 Å². The molecule has 8 heteroatoms. The maximum atomic E-state index is 13.4. The molecule has 0 saturated carbocycles. The molecule has 1 amide bonds. The number of carbonyl (C=O) groups is 2. The van der Waals surface area contributed by atoms with Gasteiger partial charge in [-0.25, -0.2) is 4.98 Å². The van der Waals surface area contributed by atoms with Gasteiger partial charge in [0.1, 0.15) is 23.7 Å². The van der Waals surface area contributed by atoms with Crippen molar-refractivity contribution in [2.45, 2.75) is 26.5 Å². The Morgan fingerprint density at radius 2 is 1.72 bits per heavy atom. The Morgan fingerprint density at radius 1 is 1.00 bits per heavy atom. The van der Waals surface area contributed by atoms with Gasteiger partial charge >= 0.3 is 0 Å². The van der Waals surface area contributed by atoms with E-state index in [2.05, 4.69) is 4.98 Å². The fraction of sp³-hybridized carbons (Fsp3) is 0.258. The van der Waals surface area contributed by atoms with Crippen molar-refractivity contribution in [3.63, 3.8) is 0 Å². The zero-order chi connectivity index (χ0) is 27.7. The van der Waals surface area contributed by atoms with Gasteiger partial charge in [0.15, 0.2) is 5.76 Å². The van der Waals surface area contributed by atoms with Gasteiger partial charge < -0.3 is 24.0 Å². The lowest BCUT2D eigenvalue weighted by atomic mass is 9.96. The molecule has 3 heterocycles. The topological polar surface area (TPSA) is 87.4 Å². The molecule has 200 valence electrons. The van der Waals surface area contributed by atoms with Crippen molar-refractivity contribution in [3.05, 3.63) is 107 Å². The van der Waals surface area contributed by atoms with Gasteiger partial charge in [0, 0.05) is 19.3 Å². The number of pyridine rings is 1. The Morgan fingerprint density at radius 3 is 2.38 bits per heavy atom. The van der Waals surface area contributed by atoms with Crippen LogP contribution in [0.2, 0.25) is 0 Å². The minimum absolute atomic E-state index is 0.0425. The maximum absolute atomic E-state index is 13.4. The van der Waals surface area contributed by atoms with Crippen molar-refractivity contribution >= 4 is 23.1 Å². The molecule has 1 unspecified atom stereocenters. The van der Waals surface area contributed by atoms with Gasteiger partial charge in [0.2, 0.25) is 0 Å². The fourth-order valence-electron chi connectivity index (χ4n) is 4.93. The van der Waals surface area contributed by atoms with E-state index in [1.54, 1.807) is 0 Å². The molecule has 1 atom stereocenters. The zero-order valence-electron chi connectivity index (χ0n) is 22.6. The summed E-state index contributed by atoms with van der Waals surface area (Å²) in [7, 11) is 3.82. The molecule has 1 aliphatic rings. The van der Waals surface area contributed by atoms with Crippen LogP contribution in [-0.2, 0) is 16.2 Å². The highest BCUT2D eigenvalue weighted by molar-refractivity contribution is 6.46. The summed E-state index contributed by atoms with van der Waals surface area (Å²) in [6, 6.07) is 20.3. The maximum Gasteiger partial charge on any atom is 0.295 e. The molecule has 5 rings (SSSR count). The normalized spacial score (nSPS) is 16.9. The quantitative estimate of drug-likeness (QED) is 0.207. The molecule has 8 nitrogen and oxygen atoms in total. The van der Waals surface area contributed by atoms with Crippen LogP contribution in [-0.4, -0.2) is 63.2 Å². The molecule has 39 heavy (non-hydrogen) atoms. The molecule has 4 aromatic rings. The lowest BCUT2D eigenvalue weighted by molar-refractivity contribution is -0.140. The Kier molecular flexibility index (Phi) is 7.21. The van der Waals surface area contributed by atoms with Crippen LogP contribution in [0.5, 0.6) is 5.75 Å². The summed E-state index contributed by atoms with van der Waals surface area (Å²) in [6.07, 6.45) is 1.86. The largest absolute Gasteiger partial charge is 0.505 e. The first-order chi connectivity index (χ1) is 18.8. The third kappa shape index (κ3) is 5.03. The van der Waals surface area contributed by atoms with Crippen LogP contribution in [0.15, 0.2) is 78.5 Å². The van der Waals surface area contributed by atoms with Crippen molar-refractivity contribution in [1.82, 2.24) is 19.2 Å². The van der Waals surface area contributed by atoms with Gasteiger partial charge in [-0.2, -0.15) is 0 Å². The van der Waals surface area contributed by atoms with Gasteiger partial charge in [0.25, 0.3) is 11.7 Å². The second-order valence-corrected chi connectivity index (χ2v) is 10.1. The highest BCUT2D eigenvalue weighted by Crippen LogP contribution is 2.40. The summed E-state index contributed by atoms with van der Waals surface area (Å²) in [5.41, 5.74) is 4.41. The smallest absolute Gasteiger partial charge is 0.295 e. The van der Waals surface area contributed by atoms with E-state index in [9.17, 15) is 14.7 Å². The summed E-state index contributed by atoms with van der Waals surface area (Å²) in [4.78, 5) is 34.8. The number of nitrogens with zero attached hydrogens (tertiary/aromatic N) is 4. The summed E-state index contributed by atoms with van der Waals surface area (Å²) in [5.74, 6) is -0.950. The van der Waals surface area contributed by atoms with Gasteiger partial charge in [-0.15, -0.1) is 0 Å². The van der Waals surface area contributed by atoms with Crippen molar-refractivity contribution in [2.75, 3.05) is 27.2 Å². The number of hydrogen-bond donors (Lipinski definition) is 1. The van der Waals surface area contributed by atoms with Gasteiger partial charge in [-0.05, 0) is 62.8 Å². The van der Waals surface area contributed by atoms with Crippen molar-refractivity contribution in [3.8, 4) is 5.75 Å². The number of aryl methyl sites for hydroxylation is 2. The van der Waals surface area contributed by atoms with E-state index in [1.807, 2.05) is 110 Å². The standard InChI is InChI=1S/C31H32N4O4/c1-20-9-8-16-34-21(2)26(32-30(20)34)28(36)25-27(35(18-17-33(3)4)31(38)29(25)37)23-12-14-24(15-13-23)39-19-22-10-6-5-7-11-22/h5-16,27,36H,17-19H2,1-4H3. The van der Waals surface area contributed by atoms with E-state index < -0.39 is 17.7 Å². The second-order valence-electron chi connectivity index (χ2n) is 10.1. The van der Waals surface area contributed by atoms with Crippen molar-refractivity contribution in [1.29, 1.82) is 0 Å². The third-order valence-corrected chi connectivity index (χ3v) is 7.08. The molecule has 0 radical (unpaired) electrons. The number of Topliss-reactive ketones (excluding diaryl/α,β-unsaturated/α-hetero) is 1. The monoisotopic (exact) mass is 524 g/mol. The predicted octanol–water partition coefficient (Wildman–Crippen LogP) is 4.51. The molecule has 0 aliphatic carbocycles. The van der Waals surface area contributed by atoms with E-state index in [0.29, 0.717) is 48.0 Å². The van der Waals surface area contributed by atoms with Gasteiger partial charge in [-0.1, -0.05) is 48.5 Å². The number of hydrogen-bond acceptors (Lipinski definition) is 6. The van der Waals surface area contributed by atoms with E-state index in [-0.39, 0.29) is 11.3 Å². The number of aromatic nitrogens is 2. The molecule has 1 aliphatic heterocycles. The van der Waals surface area contributed by atoms with Crippen LogP contribution in [0.1, 0.15) is 34.1 Å². The summed E-state index contributed by atoms with van der Waals surface area (Å²) in [6.45, 7) is 5.09. The number of fused-ring (bicyclic) bond motifs is 1. The van der Waals surface area contributed by atoms with E-state index >= 15 is 0 Å². The number of likely N-dealkylation sites (tertiary alicyclic amines) is 1. The average Bonchev–Trinajstić information content (AvgIpc) is 3.41. The van der Waals surface area contributed by atoms with Crippen LogP contribution in [0.4, 0.5) is 0 Å². The summed E-state index contributed by atoms with van der Waals surface area (Å²) in [5, 5.41) is 11.5. The zero-order valence-corrected chi connectivity index (χ0v) is 22.6. The molecule has 1 N–H and O–H groups in total. The number of amides is 1. The first-order valence-electron chi connectivity index (χ1n) is 12.9. The van der Waals surface area contributed by atoms with Crippen LogP contribution in [0.25, 0.3) is 11.4 Å². The Balaban J connectivity index is 1.55. The number of aliphatic hydroxyl groups is 1. The Labute approximate surface area is 227 Å². The number of benzene rings is 2. The second kappa shape index (κ2) is 10.7. The number of imidazole rings is 1. The first kappa shape index (κ1) is 26.2. The molecule has 2 aromatic carbocycles. The minimum atomic E-state index is -0.751. The van der Waals surface area contributed by atoms with Crippen molar-refractivity contribution in [2.24, 2.45) is 0 Å². The molecule has 1 fully saturated rings. The Hall–Kier alpha value is -4.43. The average molecular weight is 525 g/mol. The fourth-order valence-corrected chi connectivity index (χ4v) is 4.93. The first-order valence-corrected chi connectivity index (χ1v) is 12.9. The number of aliphatic hydroxyl groups excluding tert-OH is 1. The minimum Gasteiger partial charge on any atom is -0.505 e. The van der Waals surface area contributed by atoms with Gasteiger partial charge in [0.05, 0.1) is 17.3 Å². The number of likely N-dealkylation sites (N-methyl/N-ethyl adjacent to an activating group) is 1. The summed E-state index contributed by atoms with van der Waals surface area (Å²) < 4.78 is 7.81. The highest BCUT2D eigenvalue weighted by atomic mass is 16.5.